The van der Waals surface area contributed by atoms with Crippen molar-refractivity contribution in [2.75, 3.05) is 19.6 Å². The standard InChI is InChI=1S/C92H83BN4O2/c1-89(2,3)65-36-42-71(43-37-65)95(72-44-38-66(39-45-72)90(4,5)6)75-58-82-88-83(59-75)97(79-48-40-67(91(7,8)9)55-76(79)60-26-16-13-17-27-60)81-57-73(94(69-30-18-14-19-31-69)70-32-20-15-21-33-70)46-47-77(81)93(88)78-56-68(92(10,11)12)41-49-80(78)96(82)74-51-63(86-53-61-28-22-24-34-84(61)98-86)50-64(52-74)87-54-62-29-23-25-35-85(62)99-87/h13-59H,1-12H3. The molecule has 7 heteroatoms. The van der Waals surface area contributed by atoms with Gasteiger partial charge in [-0.3, -0.25) is 0 Å². The lowest BCUT2D eigenvalue weighted by atomic mass is 9.33. The van der Waals surface area contributed by atoms with Gasteiger partial charge in [0.2, 0.25) is 0 Å². The molecular formula is C92H83BN4O2. The minimum absolute atomic E-state index is 0.0655. The molecule has 2 aliphatic heterocycles. The quantitative estimate of drug-likeness (QED) is 0.120. The van der Waals surface area contributed by atoms with E-state index in [4.69, 9.17) is 8.83 Å². The Morgan fingerprint density at radius 2 is 0.697 bits per heavy atom. The second-order valence-electron chi connectivity index (χ2n) is 31.1. The van der Waals surface area contributed by atoms with Gasteiger partial charge >= 0.3 is 0 Å². The van der Waals surface area contributed by atoms with E-state index < -0.39 is 0 Å². The molecule has 0 bridgehead atoms. The van der Waals surface area contributed by atoms with E-state index in [1.54, 1.807) is 0 Å². The van der Waals surface area contributed by atoms with E-state index in [-0.39, 0.29) is 28.4 Å². The number of para-hydroxylation sites is 4. The molecule has 0 saturated heterocycles. The maximum atomic E-state index is 6.90. The molecule has 0 saturated carbocycles. The Hall–Kier alpha value is -11.0. The summed E-state index contributed by atoms with van der Waals surface area (Å²) in [5, 5.41) is 2.08. The third-order valence-corrected chi connectivity index (χ3v) is 20.2. The molecule has 0 N–H and O–H groups in total. The molecule has 99 heavy (non-hydrogen) atoms. The van der Waals surface area contributed by atoms with Gasteiger partial charge in [-0.1, -0.05) is 235 Å². The predicted molar refractivity (Wildman–Crippen MR) is 420 cm³/mol. The summed E-state index contributed by atoms with van der Waals surface area (Å²) in [6.45, 7) is 27.5. The summed E-state index contributed by atoms with van der Waals surface area (Å²) in [5.74, 6) is 1.55. The SMILES string of the molecule is CC(C)(C)c1ccc(N(c2ccc(C(C)(C)C)cc2)c2cc3c4c(c2)N(c2ccc(C(C)(C)C)cc2-c2ccccc2)c2cc(N(c5ccccc5)c5ccccc5)ccc2B4c2cc(C(C)(C)C)ccc2N3c2cc(-c3cc4ccccc4o3)cc(-c3cc4ccccc4o3)c2)cc1. The van der Waals surface area contributed by atoms with Crippen LogP contribution in [-0.4, -0.2) is 6.71 Å². The smallest absolute Gasteiger partial charge is 0.252 e. The molecule has 0 amide bonds. The van der Waals surface area contributed by atoms with Crippen LogP contribution in [0.2, 0.25) is 0 Å². The molecule has 0 spiro atoms. The molecule has 0 atom stereocenters. The van der Waals surface area contributed by atoms with Crippen molar-refractivity contribution in [3.63, 3.8) is 0 Å². The van der Waals surface area contributed by atoms with Crippen LogP contribution in [0.15, 0.2) is 294 Å². The summed E-state index contributed by atoms with van der Waals surface area (Å²) in [6.07, 6.45) is 0. The highest BCUT2D eigenvalue weighted by Gasteiger charge is 2.46. The van der Waals surface area contributed by atoms with Crippen molar-refractivity contribution in [1.29, 1.82) is 0 Å². The van der Waals surface area contributed by atoms with Crippen LogP contribution in [0.1, 0.15) is 105 Å². The topological polar surface area (TPSA) is 39.2 Å². The summed E-state index contributed by atoms with van der Waals surface area (Å²) in [6, 6.07) is 106. The van der Waals surface area contributed by atoms with Crippen molar-refractivity contribution in [3.8, 4) is 33.8 Å². The van der Waals surface area contributed by atoms with Crippen molar-refractivity contribution >= 4 is 113 Å². The van der Waals surface area contributed by atoms with Gasteiger partial charge in [0.1, 0.15) is 22.7 Å². The van der Waals surface area contributed by atoms with Crippen LogP contribution in [0.25, 0.3) is 55.7 Å². The van der Waals surface area contributed by atoms with Crippen LogP contribution in [0.5, 0.6) is 0 Å². The van der Waals surface area contributed by atoms with E-state index in [2.05, 4.69) is 376 Å². The second-order valence-corrected chi connectivity index (χ2v) is 31.1. The zero-order chi connectivity index (χ0) is 68.3. The maximum absolute atomic E-state index is 6.90. The summed E-state index contributed by atoms with van der Waals surface area (Å²) >= 11 is 0. The lowest BCUT2D eigenvalue weighted by Crippen LogP contribution is -2.61. The molecule has 0 unspecified atom stereocenters. The first-order chi connectivity index (χ1) is 47.6. The molecule has 2 aromatic heterocycles. The van der Waals surface area contributed by atoms with Crippen molar-refractivity contribution < 1.29 is 8.83 Å². The largest absolute Gasteiger partial charge is 0.456 e. The summed E-state index contributed by atoms with van der Waals surface area (Å²) in [4.78, 5) is 10.1. The third kappa shape index (κ3) is 11.5. The van der Waals surface area contributed by atoms with Gasteiger partial charge in [0, 0.05) is 84.3 Å². The average Bonchev–Trinajstić information content (AvgIpc) is 1.07. The highest BCUT2D eigenvalue weighted by atomic mass is 16.3. The first kappa shape index (κ1) is 62.8. The number of hydrogen-bond donors (Lipinski definition) is 0. The van der Waals surface area contributed by atoms with E-state index in [9.17, 15) is 0 Å². The fourth-order valence-electron chi connectivity index (χ4n) is 14.8. The lowest BCUT2D eigenvalue weighted by molar-refractivity contribution is 0.590. The van der Waals surface area contributed by atoms with E-state index >= 15 is 0 Å². The number of rotatable bonds is 11. The maximum Gasteiger partial charge on any atom is 0.252 e. The van der Waals surface area contributed by atoms with Crippen LogP contribution >= 0.6 is 0 Å². The van der Waals surface area contributed by atoms with Gasteiger partial charge in [-0.15, -0.1) is 0 Å². The minimum Gasteiger partial charge on any atom is -0.456 e. The first-order valence-electron chi connectivity index (χ1n) is 34.9. The number of benzene rings is 12. The van der Waals surface area contributed by atoms with E-state index in [1.807, 2.05) is 12.1 Å². The highest BCUT2D eigenvalue weighted by Crippen LogP contribution is 2.53. The third-order valence-electron chi connectivity index (χ3n) is 20.2. The number of fused-ring (bicyclic) bond motifs is 6. The molecule has 6 nitrogen and oxygen atoms in total. The molecule has 0 aliphatic carbocycles. The van der Waals surface area contributed by atoms with Gasteiger partial charge in [-0.2, -0.15) is 0 Å². The van der Waals surface area contributed by atoms with Crippen LogP contribution in [0.4, 0.5) is 68.2 Å². The minimum atomic E-state index is -0.243. The number of hydrogen-bond acceptors (Lipinski definition) is 6. The number of anilines is 12. The van der Waals surface area contributed by atoms with Crippen LogP contribution in [0, 0.1) is 0 Å². The Balaban J connectivity index is 1.06. The molecule has 0 fully saturated rings. The van der Waals surface area contributed by atoms with Gasteiger partial charge in [0.05, 0.1) is 11.4 Å². The molecule has 4 heterocycles. The zero-order valence-corrected chi connectivity index (χ0v) is 58.8. The van der Waals surface area contributed by atoms with Gasteiger partial charge in [0.25, 0.3) is 6.71 Å². The molecule has 16 rings (SSSR count). The van der Waals surface area contributed by atoms with Crippen molar-refractivity contribution in [2.45, 2.75) is 105 Å². The molecule has 486 valence electrons. The van der Waals surface area contributed by atoms with E-state index in [1.165, 1.54) is 38.6 Å². The van der Waals surface area contributed by atoms with Crippen molar-refractivity contribution in [3.05, 3.63) is 307 Å². The highest BCUT2D eigenvalue weighted by molar-refractivity contribution is 7.00. The van der Waals surface area contributed by atoms with E-state index in [0.717, 1.165) is 124 Å². The van der Waals surface area contributed by atoms with Gasteiger partial charge in [-0.05, 0) is 199 Å². The first-order valence-corrected chi connectivity index (χ1v) is 34.9. The van der Waals surface area contributed by atoms with E-state index in [0.29, 0.717) is 0 Å². The van der Waals surface area contributed by atoms with Crippen LogP contribution in [0.3, 0.4) is 0 Å². The van der Waals surface area contributed by atoms with Crippen molar-refractivity contribution in [2.24, 2.45) is 0 Å². The molecule has 0 radical (unpaired) electrons. The number of nitrogens with zero attached hydrogens (tertiary/aromatic N) is 4. The molecule has 2 aliphatic rings. The Bertz CT molecular complexity index is 5120. The Morgan fingerprint density at radius 1 is 0.283 bits per heavy atom. The fourth-order valence-corrected chi connectivity index (χ4v) is 14.8. The summed E-state index contributed by atoms with van der Waals surface area (Å²) < 4.78 is 13.8. The average molecular weight is 1290 g/mol. The molecular weight excluding hydrogens is 1200 g/mol. The monoisotopic (exact) mass is 1290 g/mol. The molecule has 14 aromatic rings. The summed E-state index contributed by atoms with van der Waals surface area (Å²) in [5.41, 5.74) is 26.7. The predicted octanol–water partition coefficient (Wildman–Crippen LogP) is 24.4. The van der Waals surface area contributed by atoms with Crippen molar-refractivity contribution in [1.82, 2.24) is 0 Å². The fraction of sp³-hybridized carbons (Fsp3) is 0.174. The Labute approximate surface area is 584 Å². The van der Waals surface area contributed by atoms with Crippen LogP contribution < -0.4 is 36.0 Å². The molecule has 12 aromatic carbocycles. The normalized spacial score (nSPS) is 13.0. The summed E-state index contributed by atoms with van der Waals surface area (Å²) in [7, 11) is 0. The Kier molecular flexibility index (Phi) is 15.2. The van der Waals surface area contributed by atoms with Gasteiger partial charge in [0.15, 0.2) is 0 Å². The van der Waals surface area contributed by atoms with Gasteiger partial charge in [-0.25, -0.2) is 0 Å². The Morgan fingerprint density at radius 3 is 1.20 bits per heavy atom. The van der Waals surface area contributed by atoms with Crippen LogP contribution in [-0.2, 0) is 21.7 Å². The number of furan rings is 2. The lowest BCUT2D eigenvalue weighted by Gasteiger charge is -2.46. The second kappa shape index (κ2) is 23.9. The van der Waals surface area contributed by atoms with Gasteiger partial charge < -0.3 is 28.4 Å². The zero-order valence-electron chi connectivity index (χ0n) is 58.8.